The lowest BCUT2D eigenvalue weighted by Gasteiger charge is -2.21. The van der Waals surface area contributed by atoms with Crippen molar-refractivity contribution < 1.29 is 0 Å². The molecule has 2 N–H and O–H groups in total. The van der Waals surface area contributed by atoms with Crippen LogP contribution in [-0.4, -0.2) is 48.1 Å². The van der Waals surface area contributed by atoms with E-state index < -0.39 is 0 Å². The molecule has 0 bridgehead atoms. The Balaban J connectivity index is 1.60. The Hall–Kier alpha value is -1.43. The minimum absolute atomic E-state index is 0.547. The van der Waals surface area contributed by atoms with Crippen LogP contribution in [0.15, 0.2) is 23.3 Å². The molecular weight excluding hydrogens is 354 g/mol. The van der Waals surface area contributed by atoms with Crippen LogP contribution < -0.4 is 15.5 Å². The first kappa shape index (κ1) is 20.3. The van der Waals surface area contributed by atoms with Crippen LogP contribution in [0.25, 0.3) is 0 Å². The Morgan fingerprint density at radius 3 is 2.78 bits per heavy atom. The molecule has 3 rings (SSSR count). The summed E-state index contributed by atoms with van der Waals surface area (Å²) in [5, 5.41) is 7.84. The minimum atomic E-state index is 0.547. The van der Waals surface area contributed by atoms with Crippen LogP contribution in [0.3, 0.4) is 0 Å². The van der Waals surface area contributed by atoms with Crippen LogP contribution in [-0.2, 0) is 6.54 Å². The number of nitrogens with zero attached hydrogens (tertiary/aromatic N) is 3. The number of hydrogen-bond donors (Lipinski definition) is 2. The number of pyridine rings is 1. The third kappa shape index (κ3) is 6.30. The molecule has 5 nitrogen and oxygen atoms in total. The smallest absolute Gasteiger partial charge is 0.191 e. The molecule has 0 amide bonds. The molecule has 6 heteroatoms. The molecule has 0 spiro atoms. The molecule has 2 unspecified atom stereocenters. The first-order valence-corrected chi connectivity index (χ1v) is 11.8. The summed E-state index contributed by atoms with van der Waals surface area (Å²) >= 11 is 1.99. The maximum atomic E-state index is 4.84. The van der Waals surface area contributed by atoms with E-state index in [9.17, 15) is 0 Å². The van der Waals surface area contributed by atoms with E-state index in [-0.39, 0.29) is 0 Å². The summed E-state index contributed by atoms with van der Waals surface area (Å²) in [6, 6.07) is 4.86. The molecule has 2 fully saturated rings. The number of rotatable bonds is 6. The number of anilines is 1. The number of aromatic nitrogens is 1. The van der Waals surface area contributed by atoms with E-state index in [0.717, 1.165) is 36.7 Å². The molecule has 2 heterocycles. The van der Waals surface area contributed by atoms with Crippen molar-refractivity contribution in [3.05, 3.63) is 23.9 Å². The van der Waals surface area contributed by atoms with E-state index in [2.05, 4.69) is 45.8 Å². The fourth-order valence-electron chi connectivity index (χ4n) is 4.00. The van der Waals surface area contributed by atoms with E-state index in [1.54, 1.807) is 0 Å². The minimum Gasteiger partial charge on any atom is -0.357 e. The van der Waals surface area contributed by atoms with Gasteiger partial charge in [0, 0.05) is 37.1 Å². The maximum Gasteiger partial charge on any atom is 0.191 e. The number of guanidine groups is 1. The van der Waals surface area contributed by atoms with E-state index in [4.69, 9.17) is 4.99 Å². The highest BCUT2D eigenvalue weighted by Crippen LogP contribution is 2.28. The van der Waals surface area contributed by atoms with Gasteiger partial charge in [-0.15, -0.1) is 0 Å². The Kier molecular flexibility index (Phi) is 8.11. The highest BCUT2D eigenvalue weighted by Gasteiger charge is 2.24. The Morgan fingerprint density at radius 1 is 1.26 bits per heavy atom. The van der Waals surface area contributed by atoms with Gasteiger partial charge in [0.1, 0.15) is 5.82 Å². The third-order valence-electron chi connectivity index (χ3n) is 5.56. The van der Waals surface area contributed by atoms with E-state index in [1.165, 1.54) is 50.5 Å². The number of aliphatic imine (C=N–C) groups is 1. The second-order valence-electron chi connectivity index (χ2n) is 7.63. The van der Waals surface area contributed by atoms with Crippen LogP contribution in [0.2, 0.25) is 0 Å². The molecule has 150 valence electrons. The normalized spacial score (nSPS) is 23.9. The lowest BCUT2D eigenvalue weighted by atomic mass is 10.2. The third-order valence-corrected chi connectivity index (χ3v) is 6.66. The number of nitrogens with one attached hydrogen (secondary N) is 2. The molecule has 1 aromatic rings. The van der Waals surface area contributed by atoms with Crippen LogP contribution in [0.5, 0.6) is 0 Å². The summed E-state index contributed by atoms with van der Waals surface area (Å²) in [5.41, 5.74) is 1.23. The zero-order valence-electron chi connectivity index (χ0n) is 16.9. The molecule has 1 aromatic heterocycles. The summed E-state index contributed by atoms with van der Waals surface area (Å²) < 4.78 is 0. The lowest BCUT2D eigenvalue weighted by Crippen LogP contribution is -2.42. The van der Waals surface area contributed by atoms with Gasteiger partial charge in [-0.1, -0.05) is 12.8 Å². The number of thioether (sulfide) groups is 1. The van der Waals surface area contributed by atoms with Crippen molar-refractivity contribution in [2.75, 3.05) is 30.8 Å². The van der Waals surface area contributed by atoms with Gasteiger partial charge < -0.3 is 15.5 Å². The fourth-order valence-corrected chi connectivity index (χ4v) is 4.80. The highest BCUT2D eigenvalue weighted by atomic mass is 32.2. The van der Waals surface area contributed by atoms with Gasteiger partial charge in [0.05, 0.1) is 6.54 Å². The molecule has 1 saturated heterocycles. The van der Waals surface area contributed by atoms with Crippen molar-refractivity contribution in [1.82, 2.24) is 15.6 Å². The van der Waals surface area contributed by atoms with Crippen LogP contribution in [0.1, 0.15) is 57.4 Å². The second-order valence-corrected chi connectivity index (χ2v) is 8.77. The summed E-state index contributed by atoms with van der Waals surface area (Å²) in [7, 11) is 0. The first-order valence-electron chi connectivity index (χ1n) is 10.6. The standard InChI is InChI=1S/C21H35N5S/c1-3-22-21(25-18-8-9-19(15-18)27-2)24-16-17-10-11-23-20(14-17)26-12-6-4-5-7-13-26/h10-11,14,18-19H,3-9,12-13,15-16H2,1-2H3,(H2,22,24,25). The average molecular weight is 390 g/mol. The summed E-state index contributed by atoms with van der Waals surface area (Å²) in [5.74, 6) is 2.05. The Morgan fingerprint density at radius 2 is 2.07 bits per heavy atom. The van der Waals surface area contributed by atoms with Crippen molar-refractivity contribution in [3.63, 3.8) is 0 Å². The van der Waals surface area contributed by atoms with Gasteiger partial charge in [0.2, 0.25) is 0 Å². The Bertz CT molecular complexity index is 598. The molecule has 1 saturated carbocycles. The van der Waals surface area contributed by atoms with Crippen LogP contribution >= 0.6 is 11.8 Å². The van der Waals surface area contributed by atoms with E-state index >= 15 is 0 Å². The molecule has 2 atom stereocenters. The van der Waals surface area contributed by atoms with Crippen molar-refractivity contribution in [3.8, 4) is 0 Å². The zero-order chi connectivity index (χ0) is 18.9. The average Bonchev–Trinajstić information content (AvgIpc) is 2.97. The van der Waals surface area contributed by atoms with Crippen molar-refractivity contribution in [2.45, 2.75) is 69.7 Å². The Labute approximate surface area is 168 Å². The summed E-state index contributed by atoms with van der Waals surface area (Å²) in [6.07, 6.45) is 13.2. The monoisotopic (exact) mass is 389 g/mol. The quantitative estimate of drug-likeness (QED) is 0.572. The van der Waals surface area contributed by atoms with Gasteiger partial charge in [-0.05, 0) is 63.0 Å². The van der Waals surface area contributed by atoms with Gasteiger partial charge in [-0.25, -0.2) is 9.98 Å². The van der Waals surface area contributed by atoms with Gasteiger partial charge in [-0.2, -0.15) is 11.8 Å². The topological polar surface area (TPSA) is 52.6 Å². The largest absolute Gasteiger partial charge is 0.357 e. The van der Waals surface area contributed by atoms with Gasteiger partial charge in [0.25, 0.3) is 0 Å². The van der Waals surface area contributed by atoms with E-state index in [0.29, 0.717) is 12.6 Å². The molecule has 0 radical (unpaired) electrons. The van der Waals surface area contributed by atoms with Crippen LogP contribution in [0.4, 0.5) is 5.82 Å². The predicted molar refractivity (Wildman–Crippen MR) is 118 cm³/mol. The molecule has 2 aliphatic rings. The fraction of sp³-hybridized carbons (Fsp3) is 0.714. The first-order chi connectivity index (χ1) is 13.3. The summed E-state index contributed by atoms with van der Waals surface area (Å²) in [4.78, 5) is 11.9. The zero-order valence-corrected chi connectivity index (χ0v) is 17.7. The van der Waals surface area contributed by atoms with Crippen LogP contribution in [0, 0.1) is 0 Å². The molecular formula is C21H35N5S. The predicted octanol–water partition coefficient (Wildman–Crippen LogP) is 3.80. The number of hydrogen-bond acceptors (Lipinski definition) is 4. The maximum absolute atomic E-state index is 4.84. The summed E-state index contributed by atoms with van der Waals surface area (Å²) in [6.45, 7) is 5.96. The van der Waals surface area contributed by atoms with Crippen molar-refractivity contribution in [2.24, 2.45) is 4.99 Å². The molecule has 0 aromatic carbocycles. The van der Waals surface area contributed by atoms with Crippen molar-refractivity contribution in [1.29, 1.82) is 0 Å². The highest BCUT2D eigenvalue weighted by molar-refractivity contribution is 7.99. The SMILES string of the molecule is CCNC(=NCc1ccnc(N2CCCCCC2)c1)NC1CCC(SC)C1. The van der Waals surface area contributed by atoms with Gasteiger partial charge in [-0.3, -0.25) is 0 Å². The van der Waals surface area contributed by atoms with Gasteiger partial charge >= 0.3 is 0 Å². The molecule has 1 aliphatic carbocycles. The molecule has 1 aliphatic heterocycles. The van der Waals surface area contributed by atoms with Crippen molar-refractivity contribution >= 4 is 23.5 Å². The molecule has 27 heavy (non-hydrogen) atoms. The lowest BCUT2D eigenvalue weighted by molar-refractivity contribution is 0.615. The van der Waals surface area contributed by atoms with E-state index in [1.807, 2.05) is 18.0 Å². The second kappa shape index (κ2) is 10.8. The van der Waals surface area contributed by atoms with Gasteiger partial charge in [0.15, 0.2) is 5.96 Å².